The molecule has 0 bridgehead atoms. The largest absolute Gasteiger partial charge is 0.256 e. The van der Waals surface area contributed by atoms with Crippen LogP contribution < -0.4 is 0 Å². The molecule has 3 aromatic carbocycles. The van der Waals surface area contributed by atoms with E-state index < -0.39 is 5.82 Å². The van der Waals surface area contributed by atoms with Gasteiger partial charge in [-0.25, -0.2) is 8.78 Å². The Bertz CT molecular complexity index is 1190. The summed E-state index contributed by atoms with van der Waals surface area (Å²) >= 11 is 5.73. The van der Waals surface area contributed by atoms with Gasteiger partial charge in [-0.15, -0.1) is 0 Å². The number of hydrogen-bond donors (Lipinski definition) is 0. The lowest BCUT2D eigenvalue weighted by molar-refractivity contribution is 0.617. The number of halogens is 3. The van der Waals surface area contributed by atoms with Crippen molar-refractivity contribution in [2.45, 2.75) is 32.6 Å². The molecule has 4 aromatic rings. The highest BCUT2D eigenvalue weighted by Crippen LogP contribution is 2.27. The summed E-state index contributed by atoms with van der Waals surface area (Å²) in [7, 11) is 0. The Morgan fingerprint density at radius 2 is 1.67 bits per heavy atom. The van der Waals surface area contributed by atoms with Gasteiger partial charge in [0.15, 0.2) is 0 Å². The van der Waals surface area contributed by atoms with E-state index in [0.717, 1.165) is 35.0 Å². The summed E-state index contributed by atoms with van der Waals surface area (Å²) in [6.45, 7) is 2.15. The number of rotatable bonds is 6. The predicted molar refractivity (Wildman–Crippen MR) is 120 cm³/mol. The molecule has 1 nitrogen and oxygen atoms in total. The average Bonchev–Trinajstić information content (AvgIpc) is 2.76. The highest BCUT2D eigenvalue weighted by atomic mass is 35.5. The molecule has 0 radical (unpaired) electrons. The monoisotopic (exact) mass is 421 g/mol. The molecule has 0 aliphatic carbocycles. The number of aromatic nitrogens is 1. The highest BCUT2D eigenvalue weighted by molar-refractivity contribution is 6.30. The number of aryl methyl sites for hydroxylation is 3. The van der Waals surface area contributed by atoms with Crippen LogP contribution in [0.1, 0.15) is 30.0 Å². The lowest BCUT2D eigenvalue weighted by atomic mass is 9.98. The standard InChI is InChI=1S/C26H22ClF2N/c1-2-3-18-6-13-25(30-16-18)21-10-11-22-20(15-21)9-8-19(26(22)29)7-4-17-5-12-23(27)24(28)14-17/h5-6,8-16H,2-4,7H2,1H3. The zero-order chi connectivity index (χ0) is 21.1. The van der Waals surface area contributed by atoms with Gasteiger partial charge >= 0.3 is 0 Å². The molecule has 0 saturated carbocycles. The van der Waals surface area contributed by atoms with Gasteiger partial charge in [0, 0.05) is 17.1 Å². The maximum Gasteiger partial charge on any atom is 0.142 e. The SMILES string of the molecule is CCCc1ccc(-c2ccc3c(F)c(CCc4ccc(Cl)c(F)c4)ccc3c2)nc1. The lowest BCUT2D eigenvalue weighted by Crippen LogP contribution is -1.97. The number of fused-ring (bicyclic) bond motifs is 1. The fourth-order valence-corrected chi connectivity index (χ4v) is 3.81. The van der Waals surface area contributed by atoms with Crippen LogP contribution >= 0.6 is 11.6 Å². The van der Waals surface area contributed by atoms with Crippen LogP contribution in [0, 0.1) is 11.6 Å². The van der Waals surface area contributed by atoms with Gasteiger partial charge < -0.3 is 0 Å². The minimum absolute atomic E-state index is 0.0981. The summed E-state index contributed by atoms with van der Waals surface area (Å²) in [4.78, 5) is 4.56. The molecule has 4 heteroatoms. The maximum absolute atomic E-state index is 15.1. The Balaban J connectivity index is 1.56. The van der Waals surface area contributed by atoms with Crippen LogP contribution in [0.3, 0.4) is 0 Å². The Kier molecular flexibility index (Phi) is 6.10. The lowest BCUT2D eigenvalue weighted by Gasteiger charge is -2.09. The molecular weight excluding hydrogens is 400 g/mol. The molecule has 1 heterocycles. The fraction of sp³-hybridized carbons (Fsp3) is 0.192. The molecule has 0 atom stereocenters. The highest BCUT2D eigenvalue weighted by Gasteiger charge is 2.10. The third-order valence-electron chi connectivity index (χ3n) is 5.36. The van der Waals surface area contributed by atoms with Gasteiger partial charge in [0.1, 0.15) is 11.6 Å². The van der Waals surface area contributed by atoms with Crippen LogP contribution in [0.5, 0.6) is 0 Å². The molecule has 0 fully saturated rings. The van der Waals surface area contributed by atoms with E-state index in [1.54, 1.807) is 6.07 Å². The van der Waals surface area contributed by atoms with Crippen LogP contribution in [0.4, 0.5) is 8.78 Å². The zero-order valence-electron chi connectivity index (χ0n) is 16.8. The molecular formula is C26H22ClF2N. The summed E-state index contributed by atoms with van der Waals surface area (Å²) in [6, 6.07) is 18.3. The van der Waals surface area contributed by atoms with Gasteiger partial charge in [-0.1, -0.05) is 61.3 Å². The van der Waals surface area contributed by atoms with Crippen LogP contribution in [-0.2, 0) is 19.3 Å². The molecule has 0 saturated heterocycles. The second kappa shape index (κ2) is 8.93. The Morgan fingerprint density at radius 1 is 0.833 bits per heavy atom. The van der Waals surface area contributed by atoms with Crippen molar-refractivity contribution in [3.05, 3.63) is 100 Å². The van der Waals surface area contributed by atoms with Gasteiger partial charge in [0.2, 0.25) is 0 Å². The Morgan fingerprint density at radius 3 is 2.40 bits per heavy atom. The second-order valence-corrected chi connectivity index (χ2v) is 7.93. The predicted octanol–water partition coefficient (Wildman–Crippen LogP) is 7.57. The fourth-order valence-electron chi connectivity index (χ4n) is 3.70. The van der Waals surface area contributed by atoms with E-state index in [2.05, 4.69) is 18.0 Å². The number of benzene rings is 3. The number of pyridine rings is 1. The van der Waals surface area contributed by atoms with E-state index in [9.17, 15) is 4.39 Å². The molecule has 152 valence electrons. The summed E-state index contributed by atoms with van der Waals surface area (Å²) in [5.41, 5.74) is 4.48. The summed E-state index contributed by atoms with van der Waals surface area (Å²) < 4.78 is 28.7. The second-order valence-electron chi connectivity index (χ2n) is 7.52. The van der Waals surface area contributed by atoms with E-state index in [1.165, 1.54) is 17.7 Å². The average molecular weight is 422 g/mol. The van der Waals surface area contributed by atoms with E-state index in [1.807, 2.05) is 42.6 Å². The van der Waals surface area contributed by atoms with Crippen molar-refractivity contribution in [2.75, 3.05) is 0 Å². The summed E-state index contributed by atoms with van der Waals surface area (Å²) in [6.07, 6.45) is 5.05. The Hall–Kier alpha value is -2.78. The van der Waals surface area contributed by atoms with Gasteiger partial charge in [-0.05, 0) is 65.6 Å². The van der Waals surface area contributed by atoms with Crippen molar-refractivity contribution in [1.82, 2.24) is 4.98 Å². The third-order valence-corrected chi connectivity index (χ3v) is 5.67. The molecule has 0 unspecified atom stereocenters. The molecule has 0 aliphatic rings. The van der Waals surface area contributed by atoms with Crippen LogP contribution in [-0.4, -0.2) is 4.98 Å². The van der Waals surface area contributed by atoms with E-state index in [-0.39, 0.29) is 10.8 Å². The molecule has 4 rings (SSSR count). The van der Waals surface area contributed by atoms with Gasteiger partial charge in [-0.2, -0.15) is 0 Å². The quantitative estimate of drug-likeness (QED) is 0.313. The van der Waals surface area contributed by atoms with Crippen molar-refractivity contribution in [2.24, 2.45) is 0 Å². The van der Waals surface area contributed by atoms with Crippen LogP contribution in [0.2, 0.25) is 5.02 Å². The molecule has 0 amide bonds. The third kappa shape index (κ3) is 4.36. The normalized spacial score (nSPS) is 11.2. The van der Waals surface area contributed by atoms with E-state index >= 15 is 4.39 Å². The summed E-state index contributed by atoms with van der Waals surface area (Å²) in [5, 5.41) is 1.52. The maximum atomic E-state index is 15.1. The van der Waals surface area contributed by atoms with Crippen molar-refractivity contribution in [3.8, 4) is 11.3 Å². The van der Waals surface area contributed by atoms with E-state index in [0.29, 0.717) is 23.8 Å². The minimum atomic E-state index is -0.447. The van der Waals surface area contributed by atoms with Gasteiger partial charge in [0.05, 0.1) is 10.7 Å². The van der Waals surface area contributed by atoms with Crippen LogP contribution in [0.15, 0.2) is 66.9 Å². The first-order chi connectivity index (χ1) is 14.5. The van der Waals surface area contributed by atoms with Crippen molar-refractivity contribution >= 4 is 22.4 Å². The van der Waals surface area contributed by atoms with Crippen molar-refractivity contribution < 1.29 is 8.78 Å². The zero-order valence-corrected chi connectivity index (χ0v) is 17.5. The first kappa shape index (κ1) is 20.5. The molecule has 30 heavy (non-hydrogen) atoms. The summed E-state index contributed by atoms with van der Waals surface area (Å²) in [5.74, 6) is -0.670. The molecule has 1 aromatic heterocycles. The van der Waals surface area contributed by atoms with Crippen LogP contribution in [0.25, 0.3) is 22.0 Å². The molecule has 0 N–H and O–H groups in total. The molecule has 0 spiro atoms. The van der Waals surface area contributed by atoms with Crippen molar-refractivity contribution in [3.63, 3.8) is 0 Å². The van der Waals surface area contributed by atoms with E-state index in [4.69, 9.17) is 11.6 Å². The number of hydrogen-bond acceptors (Lipinski definition) is 1. The topological polar surface area (TPSA) is 12.9 Å². The van der Waals surface area contributed by atoms with Gasteiger partial charge in [0.25, 0.3) is 0 Å². The van der Waals surface area contributed by atoms with Crippen molar-refractivity contribution in [1.29, 1.82) is 0 Å². The number of nitrogens with zero attached hydrogens (tertiary/aromatic N) is 1. The minimum Gasteiger partial charge on any atom is -0.256 e. The first-order valence-corrected chi connectivity index (χ1v) is 10.5. The first-order valence-electron chi connectivity index (χ1n) is 10.2. The molecule has 0 aliphatic heterocycles. The Labute approximate surface area is 180 Å². The van der Waals surface area contributed by atoms with Gasteiger partial charge in [-0.3, -0.25) is 4.98 Å². The smallest absolute Gasteiger partial charge is 0.142 e.